The van der Waals surface area contributed by atoms with Gasteiger partial charge in [-0.1, -0.05) is 18.2 Å². The number of carbonyl (C=O) groups is 3. The van der Waals surface area contributed by atoms with Gasteiger partial charge in [0.25, 0.3) is 0 Å². The largest absolute Gasteiger partial charge is 0.465 e. The standard InChI is InChI=1S/C20H22N2O6/c1-10-13(17(24)28-19(2,3)4)20(18(25)22-10)11-8-6-7-9-12(11)27-15(21)14(20)16(23)26-5/h6-9H,21H2,1-5H3,(H,22,25)/t20-/m0/s1. The maximum atomic E-state index is 13.3. The highest BCUT2D eigenvalue weighted by atomic mass is 16.6. The first-order chi connectivity index (χ1) is 13.0. The minimum Gasteiger partial charge on any atom is -0.465 e. The number of benzene rings is 1. The number of amides is 1. The van der Waals surface area contributed by atoms with E-state index in [2.05, 4.69) is 5.32 Å². The zero-order valence-electron chi connectivity index (χ0n) is 16.3. The monoisotopic (exact) mass is 386 g/mol. The fourth-order valence-electron chi connectivity index (χ4n) is 3.56. The predicted molar refractivity (Wildman–Crippen MR) is 98.7 cm³/mol. The molecule has 8 heteroatoms. The van der Waals surface area contributed by atoms with Gasteiger partial charge in [0.2, 0.25) is 11.8 Å². The van der Waals surface area contributed by atoms with Gasteiger partial charge in [0, 0.05) is 11.3 Å². The molecule has 2 aliphatic heterocycles. The molecule has 0 saturated carbocycles. The van der Waals surface area contributed by atoms with Crippen LogP contribution in [0.4, 0.5) is 0 Å². The number of hydrogen-bond acceptors (Lipinski definition) is 7. The Morgan fingerprint density at radius 2 is 1.79 bits per heavy atom. The van der Waals surface area contributed by atoms with Crippen LogP contribution in [0.5, 0.6) is 5.75 Å². The van der Waals surface area contributed by atoms with E-state index in [-0.39, 0.29) is 28.5 Å². The highest BCUT2D eigenvalue weighted by Gasteiger charge is 2.61. The molecule has 1 amide bonds. The molecule has 2 aliphatic rings. The highest BCUT2D eigenvalue weighted by Crippen LogP contribution is 2.51. The van der Waals surface area contributed by atoms with Crippen molar-refractivity contribution >= 4 is 17.8 Å². The molecule has 2 heterocycles. The van der Waals surface area contributed by atoms with Crippen LogP contribution in [0.3, 0.4) is 0 Å². The minimum atomic E-state index is -1.83. The maximum absolute atomic E-state index is 13.3. The smallest absolute Gasteiger partial charge is 0.340 e. The van der Waals surface area contributed by atoms with Crippen molar-refractivity contribution in [3.05, 3.63) is 52.6 Å². The Balaban J connectivity index is 2.37. The third-order valence-corrected chi connectivity index (χ3v) is 4.52. The highest BCUT2D eigenvalue weighted by molar-refractivity contribution is 6.17. The van der Waals surface area contributed by atoms with Gasteiger partial charge in [-0.15, -0.1) is 0 Å². The number of allylic oxidation sites excluding steroid dienone is 1. The van der Waals surface area contributed by atoms with Crippen LogP contribution in [0, 0.1) is 0 Å². The van der Waals surface area contributed by atoms with Crippen LogP contribution >= 0.6 is 0 Å². The van der Waals surface area contributed by atoms with Crippen molar-refractivity contribution in [2.24, 2.45) is 5.73 Å². The average molecular weight is 386 g/mol. The lowest BCUT2D eigenvalue weighted by Crippen LogP contribution is -2.49. The van der Waals surface area contributed by atoms with E-state index in [0.717, 1.165) is 7.11 Å². The summed E-state index contributed by atoms with van der Waals surface area (Å²) >= 11 is 0. The lowest BCUT2D eigenvalue weighted by Gasteiger charge is -2.36. The number of nitrogens with one attached hydrogen (secondary N) is 1. The summed E-state index contributed by atoms with van der Waals surface area (Å²) in [6, 6.07) is 6.58. The molecule has 0 aromatic heterocycles. The molecule has 0 fully saturated rings. The van der Waals surface area contributed by atoms with E-state index in [0.29, 0.717) is 5.56 Å². The van der Waals surface area contributed by atoms with Crippen LogP contribution in [-0.2, 0) is 29.3 Å². The van der Waals surface area contributed by atoms with Crippen LogP contribution in [-0.4, -0.2) is 30.6 Å². The van der Waals surface area contributed by atoms with Crippen molar-refractivity contribution in [2.75, 3.05) is 7.11 Å². The van der Waals surface area contributed by atoms with Crippen molar-refractivity contribution in [1.82, 2.24) is 5.32 Å². The summed E-state index contributed by atoms with van der Waals surface area (Å²) in [5, 5.41) is 2.65. The van der Waals surface area contributed by atoms with Crippen LogP contribution < -0.4 is 15.8 Å². The van der Waals surface area contributed by atoms with Crippen molar-refractivity contribution in [1.29, 1.82) is 0 Å². The molecule has 0 aliphatic carbocycles. The number of fused-ring (bicyclic) bond motifs is 2. The van der Waals surface area contributed by atoms with Crippen LogP contribution in [0.15, 0.2) is 47.0 Å². The van der Waals surface area contributed by atoms with Gasteiger partial charge >= 0.3 is 11.9 Å². The van der Waals surface area contributed by atoms with Gasteiger partial charge < -0.3 is 25.3 Å². The molecule has 1 aromatic rings. The zero-order chi connectivity index (χ0) is 20.9. The van der Waals surface area contributed by atoms with E-state index < -0.39 is 28.9 Å². The van der Waals surface area contributed by atoms with E-state index in [9.17, 15) is 14.4 Å². The Kier molecular flexibility index (Phi) is 4.45. The summed E-state index contributed by atoms with van der Waals surface area (Å²) in [5.41, 5.74) is 3.66. The van der Waals surface area contributed by atoms with Gasteiger partial charge in [-0.05, 0) is 33.8 Å². The van der Waals surface area contributed by atoms with Crippen molar-refractivity contribution in [2.45, 2.75) is 38.7 Å². The average Bonchev–Trinajstić information content (AvgIpc) is 2.84. The van der Waals surface area contributed by atoms with Gasteiger partial charge in [-0.25, -0.2) is 9.59 Å². The Morgan fingerprint density at radius 1 is 1.14 bits per heavy atom. The first kappa shape index (κ1) is 19.5. The second-order valence-corrected chi connectivity index (χ2v) is 7.54. The molecule has 8 nitrogen and oxygen atoms in total. The Morgan fingerprint density at radius 3 is 2.39 bits per heavy atom. The molecular weight excluding hydrogens is 364 g/mol. The lowest BCUT2D eigenvalue weighted by molar-refractivity contribution is -0.151. The van der Waals surface area contributed by atoms with Crippen LogP contribution in [0.2, 0.25) is 0 Å². The van der Waals surface area contributed by atoms with E-state index in [1.807, 2.05) is 0 Å². The molecule has 0 radical (unpaired) electrons. The number of methoxy groups -OCH3 is 1. The number of carbonyl (C=O) groups excluding carboxylic acids is 3. The van der Waals surface area contributed by atoms with Crippen LogP contribution in [0.1, 0.15) is 33.3 Å². The first-order valence-corrected chi connectivity index (χ1v) is 8.66. The molecule has 148 valence electrons. The fourth-order valence-corrected chi connectivity index (χ4v) is 3.56. The van der Waals surface area contributed by atoms with E-state index >= 15 is 0 Å². The predicted octanol–water partition coefficient (Wildman–Crippen LogP) is 1.41. The molecular formula is C20H22N2O6. The summed E-state index contributed by atoms with van der Waals surface area (Å²) in [6.45, 7) is 6.69. The number of rotatable bonds is 2. The summed E-state index contributed by atoms with van der Waals surface area (Å²) in [5.74, 6) is -2.27. The van der Waals surface area contributed by atoms with Gasteiger partial charge in [-0.2, -0.15) is 0 Å². The topological polar surface area (TPSA) is 117 Å². The molecule has 0 unspecified atom stereocenters. The summed E-state index contributed by atoms with van der Waals surface area (Å²) < 4.78 is 16.0. The van der Waals surface area contributed by atoms with Crippen molar-refractivity contribution in [3.63, 3.8) is 0 Å². The van der Waals surface area contributed by atoms with Gasteiger partial charge in [0.15, 0.2) is 0 Å². The van der Waals surface area contributed by atoms with Crippen LogP contribution in [0.25, 0.3) is 0 Å². The summed E-state index contributed by atoms with van der Waals surface area (Å²) in [6.07, 6.45) is 0. The number of esters is 2. The second kappa shape index (κ2) is 6.40. The molecule has 3 rings (SSSR count). The Bertz CT molecular complexity index is 954. The van der Waals surface area contributed by atoms with Gasteiger partial charge in [0.05, 0.1) is 12.7 Å². The lowest BCUT2D eigenvalue weighted by atomic mass is 9.67. The number of para-hydroxylation sites is 1. The first-order valence-electron chi connectivity index (χ1n) is 8.66. The third kappa shape index (κ3) is 2.72. The normalized spacial score (nSPS) is 21.2. The van der Waals surface area contributed by atoms with E-state index in [1.54, 1.807) is 52.0 Å². The maximum Gasteiger partial charge on any atom is 0.340 e. The molecule has 1 spiro atoms. The molecule has 0 saturated heterocycles. The quantitative estimate of drug-likeness (QED) is 0.738. The molecule has 3 N–H and O–H groups in total. The molecule has 1 atom stereocenters. The van der Waals surface area contributed by atoms with Gasteiger partial charge in [0.1, 0.15) is 22.3 Å². The van der Waals surface area contributed by atoms with E-state index in [1.165, 1.54) is 0 Å². The number of ether oxygens (including phenoxy) is 3. The summed E-state index contributed by atoms with van der Waals surface area (Å²) in [7, 11) is 1.16. The molecule has 1 aromatic carbocycles. The van der Waals surface area contributed by atoms with Crippen molar-refractivity contribution < 1.29 is 28.6 Å². The number of hydrogen-bond donors (Lipinski definition) is 2. The summed E-state index contributed by atoms with van der Waals surface area (Å²) in [4.78, 5) is 39.1. The fraction of sp³-hybridized carbons (Fsp3) is 0.350. The van der Waals surface area contributed by atoms with Gasteiger partial charge in [-0.3, -0.25) is 4.79 Å². The van der Waals surface area contributed by atoms with Crippen molar-refractivity contribution in [3.8, 4) is 5.75 Å². The number of nitrogens with two attached hydrogens (primary N) is 1. The zero-order valence-corrected chi connectivity index (χ0v) is 16.3. The minimum absolute atomic E-state index is 0.0217. The third-order valence-electron chi connectivity index (χ3n) is 4.52. The Hall–Kier alpha value is -3.29. The second-order valence-electron chi connectivity index (χ2n) is 7.54. The van der Waals surface area contributed by atoms with E-state index in [4.69, 9.17) is 19.9 Å². The molecule has 0 bridgehead atoms. The SMILES string of the molecule is COC(=O)C1=C(N)Oc2ccccc2[C@@]12C(=O)NC(C)=C2C(=O)OC(C)(C)C. The Labute approximate surface area is 162 Å². The molecule has 28 heavy (non-hydrogen) atoms.